The van der Waals surface area contributed by atoms with E-state index >= 15 is 0 Å². The zero-order chi connectivity index (χ0) is 15.4. The predicted octanol–water partition coefficient (Wildman–Crippen LogP) is 2.87. The number of amides is 2. The number of carbonyl (C=O) groups is 2. The van der Waals surface area contributed by atoms with E-state index in [1.165, 1.54) is 12.3 Å². The van der Waals surface area contributed by atoms with Gasteiger partial charge in [-0.2, -0.15) is 0 Å². The van der Waals surface area contributed by atoms with Gasteiger partial charge in [0.05, 0.1) is 23.1 Å². The van der Waals surface area contributed by atoms with E-state index in [1.807, 2.05) is 0 Å². The molecule has 0 atom stereocenters. The zero-order valence-corrected chi connectivity index (χ0v) is 11.1. The number of carbonyl (C=O) groups excluding carboxylic acids is 1. The summed E-state index contributed by atoms with van der Waals surface area (Å²) >= 11 is 0. The lowest BCUT2D eigenvalue weighted by molar-refractivity contribution is 0.0697. The maximum Gasteiger partial charge on any atom is 0.337 e. The van der Waals surface area contributed by atoms with E-state index in [0.29, 0.717) is 5.69 Å². The second-order valence-electron chi connectivity index (χ2n) is 4.26. The fourth-order valence-corrected chi connectivity index (χ4v) is 1.67. The first-order chi connectivity index (χ1) is 9.97. The van der Waals surface area contributed by atoms with Gasteiger partial charge >= 0.3 is 12.0 Å². The summed E-state index contributed by atoms with van der Waals surface area (Å²) in [6.45, 7) is 1.79. The van der Waals surface area contributed by atoms with E-state index in [-0.39, 0.29) is 11.3 Å². The summed E-state index contributed by atoms with van der Waals surface area (Å²) in [5, 5.41) is 13.9. The minimum absolute atomic E-state index is 0.00273. The molecule has 1 aromatic carbocycles. The van der Waals surface area contributed by atoms with Gasteiger partial charge in [-0.25, -0.2) is 14.0 Å². The Bertz CT molecular complexity index is 704. The van der Waals surface area contributed by atoms with Gasteiger partial charge in [-0.15, -0.1) is 0 Å². The van der Waals surface area contributed by atoms with Crippen molar-refractivity contribution in [3.8, 4) is 0 Å². The van der Waals surface area contributed by atoms with Gasteiger partial charge in [0, 0.05) is 6.20 Å². The van der Waals surface area contributed by atoms with Crippen LogP contribution in [0.4, 0.5) is 20.6 Å². The lowest BCUT2D eigenvalue weighted by Crippen LogP contribution is -2.21. The Morgan fingerprint density at radius 2 is 1.90 bits per heavy atom. The summed E-state index contributed by atoms with van der Waals surface area (Å²) in [6, 6.07) is 4.18. The summed E-state index contributed by atoms with van der Waals surface area (Å²) in [4.78, 5) is 26.8. The molecule has 2 rings (SSSR count). The van der Waals surface area contributed by atoms with Crippen molar-refractivity contribution in [2.45, 2.75) is 6.92 Å². The molecular formula is C14H12FN3O3. The van der Waals surface area contributed by atoms with Crippen LogP contribution in [0.1, 0.15) is 15.9 Å². The van der Waals surface area contributed by atoms with Gasteiger partial charge in [-0.3, -0.25) is 4.98 Å². The number of nitrogens with one attached hydrogen (secondary N) is 2. The number of pyridine rings is 1. The lowest BCUT2D eigenvalue weighted by atomic mass is 10.1. The van der Waals surface area contributed by atoms with Gasteiger partial charge in [0.1, 0.15) is 5.82 Å². The third kappa shape index (κ3) is 3.53. The lowest BCUT2D eigenvalue weighted by Gasteiger charge is -2.11. The van der Waals surface area contributed by atoms with Crippen molar-refractivity contribution < 1.29 is 19.1 Å². The van der Waals surface area contributed by atoms with Crippen LogP contribution in [0.2, 0.25) is 0 Å². The number of aryl methyl sites for hydroxylation is 1. The Hall–Kier alpha value is -2.96. The molecular weight excluding hydrogens is 277 g/mol. The maximum absolute atomic E-state index is 13.0. The number of aromatic nitrogens is 1. The molecule has 0 radical (unpaired) electrons. The quantitative estimate of drug-likeness (QED) is 0.810. The molecule has 0 aliphatic heterocycles. The number of carboxylic acids is 1. The molecule has 0 aliphatic rings. The van der Waals surface area contributed by atoms with Crippen LogP contribution in [-0.4, -0.2) is 22.1 Å². The van der Waals surface area contributed by atoms with Gasteiger partial charge in [0.2, 0.25) is 0 Å². The first-order valence-corrected chi connectivity index (χ1v) is 5.99. The first kappa shape index (κ1) is 14.4. The number of nitrogens with zero attached hydrogens (tertiary/aromatic N) is 1. The van der Waals surface area contributed by atoms with E-state index < -0.39 is 17.8 Å². The van der Waals surface area contributed by atoms with Gasteiger partial charge in [-0.05, 0) is 36.8 Å². The van der Waals surface area contributed by atoms with Gasteiger partial charge in [0.25, 0.3) is 0 Å². The molecule has 0 saturated heterocycles. The minimum Gasteiger partial charge on any atom is -0.478 e. The molecule has 0 bridgehead atoms. The van der Waals surface area contributed by atoms with E-state index in [2.05, 4.69) is 15.6 Å². The molecule has 108 valence electrons. The third-order valence-electron chi connectivity index (χ3n) is 2.75. The Balaban J connectivity index is 2.17. The van der Waals surface area contributed by atoms with Crippen LogP contribution >= 0.6 is 0 Å². The molecule has 1 heterocycles. The van der Waals surface area contributed by atoms with E-state index in [9.17, 15) is 14.0 Å². The van der Waals surface area contributed by atoms with Crippen molar-refractivity contribution in [3.05, 3.63) is 53.6 Å². The van der Waals surface area contributed by atoms with Crippen molar-refractivity contribution in [2.75, 3.05) is 10.6 Å². The molecule has 6 nitrogen and oxygen atoms in total. The SMILES string of the molecule is Cc1ccncc1NC(=O)Nc1ccc(F)cc1C(=O)O. The Morgan fingerprint density at radius 1 is 1.19 bits per heavy atom. The number of hydrogen-bond donors (Lipinski definition) is 3. The highest BCUT2D eigenvalue weighted by Gasteiger charge is 2.14. The van der Waals surface area contributed by atoms with Crippen molar-refractivity contribution in [3.63, 3.8) is 0 Å². The third-order valence-corrected chi connectivity index (χ3v) is 2.75. The fraction of sp³-hybridized carbons (Fsp3) is 0.0714. The van der Waals surface area contributed by atoms with Gasteiger partial charge < -0.3 is 15.7 Å². The number of hydrogen-bond acceptors (Lipinski definition) is 3. The fourth-order valence-electron chi connectivity index (χ4n) is 1.67. The highest BCUT2D eigenvalue weighted by Crippen LogP contribution is 2.18. The number of benzene rings is 1. The van der Waals surface area contributed by atoms with E-state index in [0.717, 1.165) is 17.7 Å². The number of halogens is 1. The summed E-state index contributed by atoms with van der Waals surface area (Å²) in [7, 11) is 0. The first-order valence-electron chi connectivity index (χ1n) is 5.99. The van der Waals surface area contributed by atoms with Crippen LogP contribution in [0.3, 0.4) is 0 Å². The number of rotatable bonds is 3. The predicted molar refractivity (Wildman–Crippen MR) is 75.0 cm³/mol. The zero-order valence-electron chi connectivity index (χ0n) is 11.1. The highest BCUT2D eigenvalue weighted by atomic mass is 19.1. The number of anilines is 2. The van der Waals surface area contributed by atoms with Crippen molar-refractivity contribution in [2.24, 2.45) is 0 Å². The molecule has 0 aliphatic carbocycles. The Kier molecular flexibility index (Phi) is 4.13. The molecule has 21 heavy (non-hydrogen) atoms. The van der Waals surface area contributed by atoms with Crippen molar-refractivity contribution in [1.82, 2.24) is 4.98 Å². The number of aromatic carboxylic acids is 1. The smallest absolute Gasteiger partial charge is 0.337 e. The van der Waals surface area contributed by atoms with Crippen molar-refractivity contribution >= 4 is 23.4 Å². The van der Waals surface area contributed by atoms with Crippen LogP contribution < -0.4 is 10.6 Å². The summed E-state index contributed by atoms with van der Waals surface area (Å²) in [6.07, 6.45) is 3.05. The normalized spacial score (nSPS) is 10.0. The summed E-state index contributed by atoms with van der Waals surface area (Å²) in [5.74, 6) is -2.02. The van der Waals surface area contributed by atoms with Crippen LogP contribution in [-0.2, 0) is 0 Å². The van der Waals surface area contributed by atoms with Gasteiger partial charge in [0.15, 0.2) is 0 Å². The maximum atomic E-state index is 13.0. The van der Waals surface area contributed by atoms with E-state index in [1.54, 1.807) is 19.2 Å². The summed E-state index contributed by atoms with van der Waals surface area (Å²) < 4.78 is 13.0. The molecule has 1 aromatic heterocycles. The molecule has 2 amide bonds. The largest absolute Gasteiger partial charge is 0.478 e. The molecule has 0 fully saturated rings. The van der Waals surface area contributed by atoms with Crippen LogP contribution in [0.15, 0.2) is 36.7 Å². The van der Waals surface area contributed by atoms with Crippen molar-refractivity contribution in [1.29, 1.82) is 0 Å². The van der Waals surface area contributed by atoms with Gasteiger partial charge in [-0.1, -0.05) is 0 Å². The highest BCUT2D eigenvalue weighted by molar-refractivity contribution is 6.04. The second-order valence-corrected chi connectivity index (χ2v) is 4.26. The molecule has 0 saturated carbocycles. The molecule has 3 N–H and O–H groups in total. The topological polar surface area (TPSA) is 91.3 Å². The Labute approximate surface area is 119 Å². The van der Waals surface area contributed by atoms with Crippen LogP contribution in [0, 0.1) is 12.7 Å². The average Bonchev–Trinajstić information content (AvgIpc) is 2.43. The van der Waals surface area contributed by atoms with E-state index in [4.69, 9.17) is 5.11 Å². The molecule has 2 aromatic rings. The number of carboxylic acid groups (broad SMARTS) is 1. The monoisotopic (exact) mass is 289 g/mol. The number of urea groups is 1. The average molecular weight is 289 g/mol. The second kappa shape index (κ2) is 6.00. The Morgan fingerprint density at radius 3 is 2.57 bits per heavy atom. The molecule has 0 spiro atoms. The molecule has 7 heteroatoms. The summed E-state index contributed by atoms with van der Waals surface area (Å²) in [5.41, 5.74) is 0.975. The van der Waals surface area contributed by atoms with Crippen LogP contribution in [0.5, 0.6) is 0 Å². The molecule has 0 unspecified atom stereocenters. The minimum atomic E-state index is -1.33. The standard InChI is InChI=1S/C14H12FN3O3/c1-8-4-5-16-7-12(8)18-14(21)17-11-3-2-9(15)6-10(11)13(19)20/h2-7H,1H3,(H,19,20)(H2,17,18,21). The van der Waals surface area contributed by atoms with Crippen LogP contribution in [0.25, 0.3) is 0 Å².